The maximum Gasteiger partial charge on any atom is 0.282 e. The van der Waals surface area contributed by atoms with Crippen LogP contribution in [-0.2, 0) is 7.05 Å². The molecular weight excluding hydrogens is 272 g/mol. The number of aromatic nitrogens is 2. The Balaban J connectivity index is 2.28. The predicted octanol–water partition coefficient (Wildman–Crippen LogP) is 0.707. The smallest absolute Gasteiger partial charge is 0.282 e. The molecule has 0 saturated carbocycles. The highest BCUT2D eigenvalue weighted by Gasteiger charge is 2.29. The lowest BCUT2D eigenvalue weighted by molar-refractivity contribution is 0.564. The van der Waals surface area contributed by atoms with Gasteiger partial charge in [0.1, 0.15) is 4.47 Å². The van der Waals surface area contributed by atoms with Gasteiger partial charge in [0.15, 0.2) is 0 Å². The van der Waals surface area contributed by atoms with E-state index < -0.39 is 0 Å². The number of nitrogens with one attached hydrogen (secondary N) is 2. The van der Waals surface area contributed by atoms with Crippen molar-refractivity contribution in [3.8, 4) is 0 Å². The van der Waals surface area contributed by atoms with E-state index in [0.717, 1.165) is 25.2 Å². The third-order valence-electron chi connectivity index (χ3n) is 2.88. The molecular formula is C10H15BrN4O. The van der Waals surface area contributed by atoms with Crippen LogP contribution in [0, 0.1) is 0 Å². The van der Waals surface area contributed by atoms with Crippen molar-refractivity contribution in [2.45, 2.75) is 18.9 Å². The maximum atomic E-state index is 11.7. The second-order valence-electron chi connectivity index (χ2n) is 4.41. The summed E-state index contributed by atoms with van der Waals surface area (Å²) in [7, 11) is 1.63. The molecule has 1 unspecified atom stereocenters. The van der Waals surface area contributed by atoms with Crippen molar-refractivity contribution in [2.75, 3.05) is 18.4 Å². The minimum Gasteiger partial charge on any atom is -0.376 e. The SMILES string of the molecule is Cn1ncc(NC2(C)CCNC2)c(Br)c1=O. The number of halogens is 1. The lowest BCUT2D eigenvalue weighted by Gasteiger charge is -2.26. The molecule has 0 aliphatic carbocycles. The Labute approximate surface area is 102 Å². The van der Waals surface area contributed by atoms with Crippen LogP contribution < -0.4 is 16.2 Å². The number of hydrogen-bond donors (Lipinski definition) is 2. The van der Waals surface area contributed by atoms with Gasteiger partial charge in [0.25, 0.3) is 5.56 Å². The van der Waals surface area contributed by atoms with Crippen LogP contribution in [0.3, 0.4) is 0 Å². The standard InChI is InChI=1S/C10H15BrN4O/c1-10(3-4-12-6-10)14-7-5-13-15(2)9(16)8(7)11/h5,12,14H,3-4,6H2,1-2H3. The average Bonchev–Trinajstić information content (AvgIpc) is 2.67. The van der Waals surface area contributed by atoms with Crippen molar-refractivity contribution in [1.82, 2.24) is 15.1 Å². The molecule has 1 aliphatic rings. The quantitative estimate of drug-likeness (QED) is 0.841. The molecule has 2 N–H and O–H groups in total. The van der Waals surface area contributed by atoms with Gasteiger partial charge in [-0.2, -0.15) is 5.10 Å². The molecule has 6 heteroatoms. The summed E-state index contributed by atoms with van der Waals surface area (Å²) in [5.41, 5.74) is 0.630. The molecule has 0 amide bonds. The summed E-state index contributed by atoms with van der Waals surface area (Å²) in [6.45, 7) is 4.03. The van der Waals surface area contributed by atoms with Crippen LogP contribution in [0.15, 0.2) is 15.5 Å². The first kappa shape index (κ1) is 11.6. The summed E-state index contributed by atoms with van der Waals surface area (Å²) >= 11 is 3.31. The third-order valence-corrected chi connectivity index (χ3v) is 3.65. The lowest BCUT2D eigenvalue weighted by Crippen LogP contribution is -2.37. The molecule has 5 nitrogen and oxygen atoms in total. The Morgan fingerprint density at radius 2 is 2.44 bits per heavy atom. The number of nitrogens with zero attached hydrogens (tertiary/aromatic N) is 2. The number of anilines is 1. The Bertz CT molecular complexity index is 451. The van der Waals surface area contributed by atoms with Crippen molar-refractivity contribution in [1.29, 1.82) is 0 Å². The van der Waals surface area contributed by atoms with Gasteiger partial charge in [-0.15, -0.1) is 0 Å². The molecule has 1 fully saturated rings. The fourth-order valence-corrected chi connectivity index (χ4v) is 2.30. The Hall–Kier alpha value is -0.880. The van der Waals surface area contributed by atoms with E-state index >= 15 is 0 Å². The Morgan fingerprint density at radius 1 is 1.69 bits per heavy atom. The molecule has 16 heavy (non-hydrogen) atoms. The second-order valence-corrected chi connectivity index (χ2v) is 5.21. The molecule has 0 radical (unpaired) electrons. The van der Waals surface area contributed by atoms with Crippen molar-refractivity contribution in [2.24, 2.45) is 7.05 Å². The van der Waals surface area contributed by atoms with Gasteiger partial charge in [-0.3, -0.25) is 4.79 Å². The second kappa shape index (κ2) is 4.18. The number of aryl methyl sites for hydroxylation is 1. The fraction of sp³-hybridized carbons (Fsp3) is 0.600. The molecule has 2 rings (SSSR count). The van der Waals surface area contributed by atoms with Gasteiger partial charge < -0.3 is 10.6 Å². The number of hydrogen-bond acceptors (Lipinski definition) is 4. The van der Waals surface area contributed by atoms with Crippen LogP contribution >= 0.6 is 15.9 Å². The molecule has 1 aromatic heterocycles. The Kier molecular flexibility index (Phi) is 3.03. The summed E-state index contributed by atoms with van der Waals surface area (Å²) in [5.74, 6) is 0. The third kappa shape index (κ3) is 2.12. The van der Waals surface area contributed by atoms with E-state index in [4.69, 9.17) is 0 Å². The Morgan fingerprint density at radius 3 is 3.06 bits per heavy atom. The maximum absolute atomic E-state index is 11.7. The highest BCUT2D eigenvalue weighted by Crippen LogP contribution is 2.24. The zero-order valence-electron chi connectivity index (χ0n) is 9.38. The van der Waals surface area contributed by atoms with Gasteiger partial charge >= 0.3 is 0 Å². The number of rotatable bonds is 2. The van der Waals surface area contributed by atoms with Crippen molar-refractivity contribution < 1.29 is 0 Å². The van der Waals surface area contributed by atoms with E-state index in [9.17, 15) is 4.79 Å². The molecule has 88 valence electrons. The van der Waals surface area contributed by atoms with Crippen LogP contribution in [0.5, 0.6) is 0 Å². The topological polar surface area (TPSA) is 59.0 Å². The zero-order valence-corrected chi connectivity index (χ0v) is 11.0. The largest absolute Gasteiger partial charge is 0.376 e. The summed E-state index contributed by atoms with van der Waals surface area (Å²) in [6.07, 6.45) is 2.71. The molecule has 1 aromatic rings. The van der Waals surface area contributed by atoms with E-state index in [2.05, 4.69) is 38.6 Å². The van der Waals surface area contributed by atoms with Crippen molar-refractivity contribution >= 4 is 21.6 Å². The van der Waals surface area contributed by atoms with Crippen LogP contribution in [0.4, 0.5) is 5.69 Å². The first-order valence-corrected chi connectivity index (χ1v) is 6.02. The normalized spacial score (nSPS) is 24.7. The van der Waals surface area contributed by atoms with Crippen LogP contribution in [-0.4, -0.2) is 28.4 Å². The molecule has 1 atom stereocenters. The molecule has 1 saturated heterocycles. The van der Waals surface area contributed by atoms with Crippen LogP contribution in [0.1, 0.15) is 13.3 Å². The van der Waals surface area contributed by atoms with E-state index in [1.165, 1.54) is 4.68 Å². The van der Waals surface area contributed by atoms with Crippen molar-refractivity contribution in [3.63, 3.8) is 0 Å². The fourth-order valence-electron chi connectivity index (χ4n) is 1.85. The first-order chi connectivity index (χ1) is 7.52. The van der Waals surface area contributed by atoms with Gasteiger partial charge in [0.05, 0.1) is 11.9 Å². The van der Waals surface area contributed by atoms with E-state index in [1.54, 1.807) is 13.2 Å². The minimum atomic E-state index is -0.125. The molecule has 0 bridgehead atoms. The molecule has 0 aromatic carbocycles. The molecule has 2 heterocycles. The van der Waals surface area contributed by atoms with E-state index in [-0.39, 0.29) is 11.1 Å². The predicted molar refractivity (Wildman–Crippen MR) is 66.7 cm³/mol. The van der Waals surface area contributed by atoms with Gasteiger partial charge in [0, 0.05) is 19.1 Å². The van der Waals surface area contributed by atoms with E-state index in [0.29, 0.717) is 4.47 Å². The summed E-state index contributed by atoms with van der Waals surface area (Å²) < 4.78 is 1.85. The highest BCUT2D eigenvalue weighted by atomic mass is 79.9. The van der Waals surface area contributed by atoms with Gasteiger partial charge in [-0.1, -0.05) is 0 Å². The molecule has 0 spiro atoms. The lowest BCUT2D eigenvalue weighted by atomic mass is 10.0. The minimum absolute atomic E-state index is 0.00341. The van der Waals surface area contributed by atoms with Gasteiger partial charge in [-0.25, -0.2) is 4.68 Å². The van der Waals surface area contributed by atoms with Gasteiger partial charge in [-0.05, 0) is 35.8 Å². The average molecular weight is 287 g/mol. The van der Waals surface area contributed by atoms with Crippen LogP contribution in [0.25, 0.3) is 0 Å². The van der Waals surface area contributed by atoms with Gasteiger partial charge in [0.2, 0.25) is 0 Å². The summed E-state index contributed by atoms with van der Waals surface area (Å²) in [6, 6.07) is 0. The van der Waals surface area contributed by atoms with E-state index in [1.807, 2.05) is 0 Å². The first-order valence-electron chi connectivity index (χ1n) is 5.23. The summed E-state index contributed by atoms with van der Waals surface area (Å²) in [5, 5.41) is 10.7. The summed E-state index contributed by atoms with van der Waals surface area (Å²) in [4.78, 5) is 11.7. The molecule has 1 aliphatic heterocycles. The highest BCUT2D eigenvalue weighted by molar-refractivity contribution is 9.10. The van der Waals surface area contributed by atoms with Crippen molar-refractivity contribution in [3.05, 3.63) is 21.0 Å². The van der Waals surface area contributed by atoms with Crippen LogP contribution in [0.2, 0.25) is 0 Å². The monoisotopic (exact) mass is 286 g/mol. The zero-order chi connectivity index (χ0) is 11.8.